The first-order valence-electron chi connectivity index (χ1n) is 11.7. The molecule has 0 radical (unpaired) electrons. The molecule has 3 atom stereocenters. The molecule has 0 bridgehead atoms. The average Bonchev–Trinajstić information content (AvgIpc) is 2.90. The standard InChI is InChI=1S/C30H26F2O2P2/c1-3-30(2,21-16-22(31)18-23(32)17-21)36-34-27-15-13-20-9-5-7-11-25(20)29(27)28-24-10-6-4-8-19(24)12-14-26(28)33-35/h4-18,36H,3,35H2,1-2H3. The van der Waals surface area contributed by atoms with Gasteiger partial charge in [-0.2, -0.15) is 0 Å². The number of halogens is 2. The molecule has 0 aliphatic carbocycles. The number of benzene rings is 5. The SMILES string of the molecule is CCC(C)(POc1ccc2ccccc2c1-c1c(OP)ccc2ccccc12)c1cc(F)cc(F)c1. The van der Waals surface area contributed by atoms with E-state index in [1.165, 1.54) is 12.1 Å². The van der Waals surface area contributed by atoms with Crippen LogP contribution in [0.1, 0.15) is 25.8 Å². The van der Waals surface area contributed by atoms with Crippen LogP contribution in [0.15, 0.2) is 91.0 Å². The van der Waals surface area contributed by atoms with E-state index in [0.717, 1.165) is 38.7 Å². The van der Waals surface area contributed by atoms with Gasteiger partial charge in [0, 0.05) is 22.3 Å². The van der Waals surface area contributed by atoms with Gasteiger partial charge in [-0.1, -0.05) is 67.6 Å². The van der Waals surface area contributed by atoms with E-state index in [0.29, 0.717) is 23.5 Å². The maximum atomic E-state index is 14.1. The topological polar surface area (TPSA) is 18.5 Å². The van der Waals surface area contributed by atoms with Gasteiger partial charge in [-0.05, 0) is 64.7 Å². The first-order valence-corrected chi connectivity index (χ1v) is 13.1. The highest BCUT2D eigenvalue weighted by Crippen LogP contribution is 2.51. The number of rotatable bonds is 7. The molecule has 5 aromatic rings. The number of hydrogen-bond donors (Lipinski definition) is 0. The van der Waals surface area contributed by atoms with E-state index in [2.05, 4.69) is 33.7 Å². The van der Waals surface area contributed by atoms with Crippen LogP contribution in [0.3, 0.4) is 0 Å². The third kappa shape index (κ3) is 4.57. The van der Waals surface area contributed by atoms with Crippen molar-refractivity contribution in [2.24, 2.45) is 0 Å². The van der Waals surface area contributed by atoms with Crippen LogP contribution >= 0.6 is 18.3 Å². The molecule has 5 aromatic carbocycles. The third-order valence-corrected chi connectivity index (χ3v) is 8.42. The van der Waals surface area contributed by atoms with Crippen molar-refractivity contribution < 1.29 is 17.8 Å². The summed E-state index contributed by atoms with van der Waals surface area (Å²) in [4.78, 5) is 0. The van der Waals surface area contributed by atoms with Crippen molar-refractivity contribution in [3.8, 4) is 22.6 Å². The van der Waals surface area contributed by atoms with Gasteiger partial charge in [0.1, 0.15) is 23.1 Å². The molecule has 0 saturated carbocycles. The summed E-state index contributed by atoms with van der Waals surface area (Å²) in [5, 5.41) is 3.69. The van der Waals surface area contributed by atoms with Crippen LogP contribution in [0.5, 0.6) is 11.5 Å². The summed E-state index contributed by atoms with van der Waals surface area (Å²) in [6.45, 7) is 3.99. The summed E-state index contributed by atoms with van der Waals surface area (Å²) in [6, 6.07) is 28.1. The molecule has 0 spiro atoms. The lowest BCUT2D eigenvalue weighted by Gasteiger charge is -2.29. The lowest BCUT2D eigenvalue weighted by Crippen LogP contribution is -2.16. The second-order valence-electron chi connectivity index (χ2n) is 8.99. The van der Waals surface area contributed by atoms with Crippen LogP contribution < -0.4 is 9.05 Å². The lowest BCUT2D eigenvalue weighted by molar-refractivity contribution is 0.541. The molecule has 182 valence electrons. The summed E-state index contributed by atoms with van der Waals surface area (Å²) in [6.07, 6.45) is 0.658. The fourth-order valence-corrected chi connectivity index (χ4v) is 5.69. The summed E-state index contributed by atoms with van der Waals surface area (Å²) in [5.41, 5.74) is 2.45. The van der Waals surface area contributed by atoms with Crippen molar-refractivity contribution in [2.45, 2.75) is 25.4 Å². The van der Waals surface area contributed by atoms with E-state index in [9.17, 15) is 8.78 Å². The molecule has 36 heavy (non-hydrogen) atoms. The van der Waals surface area contributed by atoms with Crippen LogP contribution in [-0.4, -0.2) is 0 Å². The van der Waals surface area contributed by atoms with E-state index < -0.39 is 16.8 Å². The zero-order valence-electron chi connectivity index (χ0n) is 20.0. The first kappa shape index (κ1) is 24.6. The Hall–Kier alpha value is -3.06. The Morgan fingerprint density at radius 2 is 1.28 bits per heavy atom. The highest BCUT2D eigenvalue weighted by atomic mass is 31.1. The minimum atomic E-state index is -0.584. The van der Waals surface area contributed by atoms with Gasteiger partial charge < -0.3 is 9.05 Å². The molecule has 0 aliphatic heterocycles. The van der Waals surface area contributed by atoms with Gasteiger partial charge >= 0.3 is 0 Å². The largest absolute Gasteiger partial charge is 0.480 e. The van der Waals surface area contributed by atoms with E-state index in [4.69, 9.17) is 9.05 Å². The quantitative estimate of drug-likeness (QED) is 0.200. The van der Waals surface area contributed by atoms with Crippen molar-refractivity contribution in [3.63, 3.8) is 0 Å². The van der Waals surface area contributed by atoms with Crippen molar-refractivity contribution >= 4 is 39.8 Å². The zero-order chi connectivity index (χ0) is 25.3. The molecule has 0 aliphatic rings. The monoisotopic (exact) mass is 518 g/mol. The second-order valence-corrected chi connectivity index (χ2v) is 10.7. The Kier molecular flexibility index (Phi) is 6.93. The molecule has 0 fully saturated rings. The summed E-state index contributed by atoms with van der Waals surface area (Å²) >= 11 is 0. The zero-order valence-corrected chi connectivity index (χ0v) is 22.2. The Bertz CT molecular complexity index is 1550. The molecule has 0 aromatic heterocycles. The molecule has 2 nitrogen and oxygen atoms in total. The molecule has 3 unspecified atom stereocenters. The highest BCUT2D eigenvalue weighted by molar-refractivity contribution is 7.34. The van der Waals surface area contributed by atoms with Gasteiger partial charge in [0.05, 0.1) is 18.3 Å². The van der Waals surface area contributed by atoms with E-state index in [1.54, 1.807) is 0 Å². The van der Waals surface area contributed by atoms with Crippen LogP contribution in [-0.2, 0) is 5.16 Å². The molecule has 5 rings (SSSR count). The second kappa shape index (κ2) is 10.1. The Morgan fingerprint density at radius 3 is 1.83 bits per heavy atom. The van der Waals surface area contributed by atoms with Crippen LogP contribution in [0.4, 0.5) is 8.78 Å². The van der Waals surface area contributed by atoms with Crippen LogP contribution in [0.2, 0.25) is 0 Å². The first-order chi connectivity index (χ1) is 17.4. The van der Waals surface area contributed by atoms with Gasteiger partial charge in [-0.3, -0.25) is 0 Å². The highest BCUT2D eigenvalue weighted by Gasteiger charge is 2.29. The predicted octanol–water partition coefficient (Wildman–Crippen LogP) is 9.40. The van der Waals surface area contributed by atoms with Gasteiger partial charge in [-0.15, -0.1) is 0 Å². The summed E-state index contributed by atoms with van der Waals surface area (Å²) in [7, 11) is 2.28. The normalized spacial score (nSPS) is 13.4. The van der Waals surface area contributed by atoms with Crippen molar-refractivity contribution in [3.05, 3.63) is 108 Å². The Morgan fingerprint density at radius 1 is 0.750 bits per heavy atom. The Labute approximate surface area is 213 Å². The minimum absolute atomic E-state index is 0.0687. The van der Waals surface area contributed by atoms with Gasteiger partial charge in [0.25, 0.3) is 0 Å². The summed E-state index contributed by atoms with van der Waals surface area (Å²) in [5.74, 6) is 0.245. The van der Waals surface area contributed by atoms with Crippen LogP contribution in [0, 0.1) is 11.6 Å². The molecule has 0 N–H and O–H groups in total. The Balaban J connectivity index is 1.68. The lowest BCUT2D eigenvalue weighted by atomic mass is 9.92. The molecule has 0 amide bonds. The fourth-order valence-electron chi connectivity index (χ4n) is 4.58. The van der Waals surface area contributed by atoms with Crippen molar-refractivity contribution in [1.29, 1.82) is 0 Å². The van der Waals surface area contributed by atoms with E-state index >= 15 is 0 Å². The van der Waals surface area contributed by atoms with Crippen molar-refractivity contribution in [1.82, 2.24) is 0 Å². The predicted molar refractivity (Wildman–Crippen MR) is 150 cm³/mol. The average molecular weight is 518 g/mol. The maximum absolute atomic E-state index is 14.1. The molecule has 0 saturated heterocycles. The minimum Gasteiger partial charge on any atom is -0.480 e. The number of fused-ring (bicyclic) bond motifs is 2. The maximum Gasteiger partial charge on any atom is 0.131 e. The van der Waals surface area contributed by atoms with Gasteiger partial charge in [-0.25, -0.2) is 8.78 Å². The molecular weight excluding hydrogens is 492 g/mol. The van der Waals surface area contributed by atoms with E-state index in [-0.39, 0.29) is 8.81 Å². The fraction of sp³-hybridized carbons (Fsp3) is 0.133. The molecule has 0 heterocycles. The summed E-state index contributed by atoms with van der Waals surface area (Å²) < 4.78 is 40.4. The smallest absolute Gasteiger partial charge is 0.131 e. The van der Waals surface area contributed by atoms with E-state index in [1.807, 2.05) is 62.4 Å². The molecule has 6 heteroatoms. The third-order valence-electron chi connectivity index (χ3n) is 6.75. The number of hydrogen-bond acceptors (Lipinski definition) is 2. The van der Waals surface area contributed by atoms with Crippen LogP contribution in [0.25, 0.3) is 32.7 Å². The van der Waals surface area contributed by atoms with Gasteiger partial charge in [0.15, 0.2) is 0 Å². The van der Waals surface area contributed by atoms with Gasteiger partial charge in [0.2, 0.25) is 0 Å². The molecular formula is C30H26F2O2P2. The van der Waals surface area contributed by atoms with Crippen molar-refractivity contribution in [2.75, 3.05) is 0 Å².